The Morgan fingerprint density at radius 2 is 1.62 bits per heavy atom. The quantitative estimate of drug-likeness (QED) is 0.356. The summed E-state index contributed by atoms with van der Waals surface area (Å²) in [5.41, 5.74) is 3.69. The predicted octanol–water partition coefficient (Wildman–Crippen LogP) is 4.80. The van der Waals surface area contributed by atoms with Crippen LogP contribution >= 0.6 is 0 Å². The minimum atomic E-state index is -0.783. The van der Waals surface area contributed by atoms with E-state index in [0.29, 0.717) is 17.8 Å². The number of carbonyl (C=O) groups excluding carboxylic acids is 3. The zero-order chi connectivity index (χ0) is 23.8. The first-order valence-electron chi connectivity index (χ1n) is 10.7. The Kier molecular flexibility index (Phi) is 5.30. The molecule has 0 aliphatic carbocycles. The number of aromatic nitrogens is 1. The third-order valence-electron chi connectivity index (χ3n) is 5.78. The molecule has 1 saturated heterocycles. The molecule has 1 aliphatic rings. The lowest BCUT2D eigenvalue weighted by molar-refractivity contribution is -0.122. The third-order valence-corrected chi connectivity index (χ3v) is 5.78. The smallest absolute Gasteiger partial charge is 0.335 e. The van der Waals surface area contributed by atoms with Gasteiger partial charge in [0.2, 0.25) is 0 Å². The van der Waals surface area contributed by atoms with Crippen molar-refractivity contribution >= 4 is 40.5 Å². The standard InChI is InChI=1S/C27H20FN3O3/c1-17-6-12-21(13-7-17)31-26(33)23(25(32)29-27(31)34)14-19-16-30(24-5-3-2-4-22(19)24)15-18-8-10-20(28)11-9-18/h2-14,16H,15H2,1H3,(H,29,32,34)/b23-14+. The van der Waals surface area contributed by atoms with Crippen molar-refractivity contribution in [2.45, 2.75) is 13.5 Å². The molecule has 0 unspecified atom stereocenters. The second-order valence-electron chi connectivity index (χ2n) is 8.15. The van der Waals surface area contributed by atoms with E-state index in [9.17, 15) is 18.8 Å². The SMILES string of the molecule is Cc1ccc(N2C(=O)NC(=O)/C(=C\c3cn(Cc4ccc(F)cc4)c4ccccc34)C2=O)cc1. The largest absolute Gasteiger partial charge is 0.342 e. The van der Waals surface area contributed by atoms with E-state index in [2.05, 4.69) is 5.32 Å². The number of hydrogen-bond donors (Lipinski definition) is 1. The average Bonchev–Trinajstić information content (AvgIpc) is 3.16. The minimum absolute atomic E-state index is 0.134. The molecule has 6 nitrogen and oxygen atoms in total. The molecular formula is C27H20FN3O3. The number of benzene rings is 3. The highest BCUT2D eigenvalue weighted by molar-refractivity contribution is 6.39. The van der Waals surface area contributed by atoms with Crippen LogP contribution in [0.15, 0.2) is 84.6 Å². The monoisotopic (exact) mass is 453 g/mol. The molecule has 2 heterocycles. The van der Waals surface area contributed by atoms with Gasteiger partial charge >= 0.3 is 6.03 Å². The van der Waals surface area contributed by atoms with Gasteiger partial charge in [-0.2, -0.15) is 0 Å². The molecule has 1 N–H and O–H groups in total. The number of amides is 4. The maximum Gasteiger partial charge on any atom is 0.335 e. The normalized spacial score (nSPS) is 15.3. The second kappa shape index (κ2) is 8.44. The molecule has 1 fully saturated rings. The Morgan fingerprint density at radius 1 is 0.912 bits per heavy atom. The fourth-order valence-corrected chi connectivity index (χ4v) is 4.05. The molecular weight excluding hydrogens is 433 g/mol. The molecule has 0 radical (unpaired) electrons. The van der Waals surface area contributed by atoms with Crippen molar-refractivity contribution < 1.29 is 18.8 Å². The van der Waals surface area contributed by atoms with Crippen LogP contribution in [-0.4, -0.2) is 22.4 Å². The molecule has 168 valence electrons. The molecule has 3 aromatic carbocycles. The zero-order valence-corrected chi connectivity index (χ0v) is 18.3. The molecule has 0 spiro atoms. The van der Waals surface area contributed by atoms with E-state index in [0.717, 1.165) is 26.9 Å². The van der Waals surface area contributed by atoms with Crippen molar-refractivity contribution in [3.05, 3.63) is 107 Å². The number of anilines is 1. The first kappa shape index (κ1) is 21.3. The number of barbiturate groups is 1. The molecule has 1 aliphatic heterocycles. The Bertz CT molecular complexity index is 1470. The fourth-order valence-electron chi connectivity index (χ4n) is 4.05. The van der Waals surface area contributed by atoms with Gasteiger partial charge in [-0.3, -0.25) is 14.9 Å². The summed E-state index contributed by atoms with van der Waals surface area (Å²) >= 11 is 0. The van der Waals surface area contributed by atoms with Crippen LogP contribution < -0.4 is 10.2 Å². The summed E-state index contributed by atoms with van der Waals surface area (Å²) in [5.74, 6) is -1.73. The molecule has 34 heavy (non-hydrogen) atoms. The summed E-state index contributed by atoms with van der Waals surface area (Å²) < 4.78 is 15.3. The summed E-state index contributed by atoms with van der Waals surface area (Å²) in [6.45, 7) is 2.39. The van der Waals surface area contributed by atoms with E-state index in [1.54, 1.807) is 36.4 Å². The summed E-state index contributed by atoms with van der Waals surface area (Å²) in [7, 11) is 0. The number of carbonyl (C=O) groups is 3. The summed E-state index contributed by atoms with van der Waals surface area (Å²) in [6.07, 6.45) is 3.35. The number of para-hydroxylation sites is 1. The minimum Gasteiger partial charge on any atom is -0.342 e. The maximum atomic E-state index is 13.3. The summed E-state index contributed by atoms with van der Waals surface area (Å²) in [5, 5.41) is 3.10. The Hall–Kier alpha value is -4.52. The molecule has 4 aromatic rings. The Morgan fingerprint density at radius 3 is 2.35 bits per heavy atom. The number of halogens is 1. The van der Waals surface area contributed by atoms with E-state index in [1.165, 1.54) is 18.2 Å². The number of imide groups is 2. The highest BCUT2D eigenvalue weighted by atomic mass is 19.1. The van der Waals surface area contributed by atoms with Crippen LogP contribution in [0.25, 0.3) is 17.0 Å². The highest BCUT2D eigenvalue weighted by Gasteiger charge is 2.37. The van der Waals surface area contributed by atoms with Crippen LogP contribution in [0, 0.1) is 12.7 Å². The van der Waals surface area contributed by atoms with Crippen molar-refractivity contribution in [1.82, 2.24) is 9.88 Å². The fraction of sp³-hybridized carbons (Fsp3) is 0.0741. The molecule has 7 heteroatoms. The van der Waals surface area contributed by atoms with Crippen molar-refractivity contribution in [3.63, 3.8) is 0 Å². The third kappa shape index (κ3) is 3.88. The molecule has 0 bridgehead atoms. The van der Waals surface area contributed by atoms with E-state index < -0.39 is 17.8 Å². The Labute approximate surface area is 194 Å². The summed E-state index contributed by atoms with van der Waals surface area (Å²) in [4.78, 5) is 39.3. The number of aryl methyl sites for hydroxylation is 1. The van der Waals surface area contributed by atoms with Crippen LogP contribution in [0.3, 0.4) is 0 Å². The van der Waals surface area contributed by atoms with E-state index in [1.807, 2.05) is 42.0 Å². The number of nitrogens with zero attached hydrogens (tertiary/aromatic N) is 2. The lowest BCUT2D eigenvalue weighted by Crippen LogP contribution is -2.54. The first-order valence-corrected chi connectivity index (χ1v) is 10.7. The van der Waals surface area contributed by atoms with Gasteiger partial charge in [0.15, 0.2) is 0 Å². The Balaban J connectivity index is 1.56. The van der Waals surface area contributed by atoms with E-state index in [-0.39, 0.29) is 11.4 Å². The van der Waals surface area contributed by atoms with Gasteiger partial charge in [-0.1, -0.05) is 48.0 Å². The van der Waals surface area contributed by atoms with Crippen molar-refractivity contribution in [1.29, 1.82) is 0 Å². The molecule has 5 rings (SSSR count). The van der Waals surface area contributed by atoms with Crippen molar-refractivity contribution in [2.75, 3.05) is 4.90 Å². The number of nitrogens with one attached hydrogen (secondary N) is 1. The summed E-state index contributed by atoms with van der Waals surface area (Å²) in [6, 6.07) is 20.0. The van der Waals surface area contributed by atoms with Gasteiger partial charge < -0.3 is 4.57 Å². The van der Waals surface area contributed by atoms with Crippen LogP contribution in [0.1, 0.15) is 16.7 Å². The average molecular weight is 453 g/mol. The van der Waals surface area contributed by atoms with E-state index >= 15 is 0 Å². The van der Waals surface area contributed by atoms with Crippen LogP contribution in [0.5, 0.6) is 0 Å². The maximum absolute atomic E-state index is 13.3. The lowest BCUT2D eigenvalue weighted by atomic mass is 10.1. The molecule has 4 amide bonds. The highest BCUT2D eigenvalue weighted by Crippen LogP contribution is 2.27. The van der Waals surface area contributed by atoms with Gasteiger partial charge in [0.25, 0.3) is 11.8 Å². The van der Waals surface area contributed by atoms with Gasteiger partial charge in [-0.15, -0.1) is 0 Å². The first-order chi connectivity index (χ1) is 16.4. The van der Waals surface area contributed by atoms with Gasteiger partial charge in [-0.25, -0.2) is 14.1 Å². The van der Waals surface area contributed by atoms with Crippen LogP contribution in [-0.2, 0) is 16.1 Å². The lowest BCUT2D eigenvalue weighted by Gasteiger charge is -2.26. The van der Waals surface area contributed by atoms with Crippen LogP contribution in [0.4, 0.5) is 14.9 Å². The van der Waals surface area contributed by atoms with Gasteiger partial charge in [0, 0.05) is 29.2 Å². The molecule has 0 saturated carbocycles. The number of fused-ring (bicyclic) bond motifs is 1. The van der Waals surface area contributed by atoms with Gasteiger partial charge in [0.05, 0.1) is 5.69 Å². The number of hydrogen-bond acceptors (Lipinski definition) is 3. The van der Waals surface area contributed by atoms with Crippen molar-refractivity contribution in [2.24, 2.45) is 0 Å². The predicted molar refractivity (Wildman–Crippen MR) is 128 cm³/mol. The number of rotatable bonds is 4. The molecule has 0 atom stereocenters. The van der Waals surface area contributed by atoms with Gasteiger partial charge in [-0.05, 0) is 48.9 Å². The second-order valence-corrected chi connectivity index (χ2v) is 8.15. The topological polar surface area (TPSA) is 71.4 Å². The van der Waals surface area contributed by atoms with E-state index in [4.69, 9.17) is 0 Å². The zero-order valence-electron chi connectivity index (χ0n) is 18.3. The van der Waals surface area contributed by atoms with Crippen LogP contribution in [0.2, 0.25) is 0 Å². The van der Waals surface area contributed by atoms with Crippen molar-refractivity contribution in [3.8, 4) is 0 Å². The molecule has 1 aromatic heterocycles. The number of urea groups is 1. The van der Waals surface area contributed by atoms with Gasteiger partial charge in [0.1, 0.15) is 11.4 Å².